The van der Waals surface area contributed by atoms with Crippen LogP contribution in [0, 0.1) is 18.8 Å². The second-order valence-electron chi connectivity index (χ2n) is 2.81. The van der Waals surface area contributed by atoms with Crippen LogP contribution in [0.4, 0.5) is 13.2 Å². The van der Waals surface area contributed by atoms with E-state index in [1.165, 1.54) is 6.92 Å². The van der Waals surface area contributed by atoms with Gasteiger partial charge in [-0.15, -0.1) is 11.6 Å². The van der Waals surface area contributed by atoms with Crippen LogP contribution in [-0.2, 0) is 6.18 Å². The zero-order valence-corrected chi connectivity index (χ0v) is 8.63. The van der Waals surface area contributed by atoms with Crippen LogP contribution in [0.5, 0.6) is 0 Å². The van der Waals surface area contributed by atoms with Gasteiger partial charge in [-0.05, 0) is 6.92 Å². The fourth-order valence-corrected chi connectivity index (χ4v) is 1.08. The molecule has 0 fully saturated rings. The Morgan fingerprint density at radius 2 is 2.13 bits per heavy atom. The molecule has 6 heteroatoms. The van der Waals surface area contributed by atoms with E-state index >= 15 is 0 Å². The molecule has 0 aromatic carbocycles. The predicted molar refractivity (Wildman–Crippen MR) is 50.5 cm³/mol. The topological polar surface area (TPSA) is 28.7 Å². The van der Waals surface area contributed by atoms with E-state index in [4.69, 9.17) is 11.6 Å². The normalized spacial score (nSPS) is 11.0. The number of aryl methyl sites for hydroxylation is 1. The summed E-state index contributed by atoms with van der Waals surface area (Å²) in [4.78, 5) is 0. The molecule has 0 aliphatic rings. The molecule has 0 aliphatic heterocycles. The molecule has 2 nitrogen and oxygen atoms in total. The van der Waals surface area contributed by atoms with Crippen molar-refractivity contribution in [3.8, 4) is 11.8 Å². The Bertz CT molecular complexity index is 398. The van der Waals surface area contributed by atoms with Crippen LogP contribution < -0.4 is 0 Å². The number of halogens is 4. The summed E-state index contributed by atoms with van der Waals surface area (Å²) >= 11 is 5.36. The maximum absolute atomic E-state index is 12.4. The van der Waals surface area contributed by atoms with Gasteiger partial charge in [0.15, 0.2) is 5.69 Å². The van der Waals surface area contributed by atoms with Crippen molar-refractivity contribution in [3.05, 3.63) is 17.0 Å². The molecule has 1 aromatic rings. The first-order valence-corrected chi connectivity index (χ1v) is 4.67. The van der Waals surface area contributed by atoms with Crippen molar-refractivity contribution < 1.29 is 13.2 Å². The number of H-pyrrole nitrogens is 1. The number of hydrogen-bond acceptors (Lipinski definition) is 1. The van der Waals surface area contributed by atoms with Crippen molar-refractivity contribution in [3.63, 3.8) is 0 Å². The van der Waals surface area contributed by atoms with Crippen molar-refractivity contribution in [2.24, 2.45) is 0 Å². The maximum atomic E-state index is 12.4. The van der Waals surface area contributed by atoms with Crippen LogP contribution in [0.15, 0.2) is 0 Å². The third-order valence-corrected chi connectivity index (χ3v) is 1.84. The van der Waals surface area contributed by atoms with Crippen molar-refractivity contribution >= 4 is 11.6 Å². The van der Waals surface area contributed by atoms with Gasteiger partial charge in [0.2, 0.25) is 0 Å². The van der Waals surface area contributed by atoms with Gasteiger partial charge < -0.3 is 0 Å². The first-order valence-electron chi connectivity index (χ1n) is 4.13. The number of hydrogen-bond donors (Lipinski definition) is 1. The summed E-state index contributed by atoms with van der Waals surface area (Å²) in [5.74, 6) is 5.27. The van der Waals surface area contributed by atoms with Crippen molar-refractivity contribution in [2.45, 2.75) is 19.5 Å². The van der Waals surface area contributed by atoms with E-state index < -0.39 is 11.9 Å². The lowest BCUT2D eigenvalue weighted by atomic mass is 10.2. The Hall–Kier alpha value is -1.15. The SMILES string of the molecule is Cc1[nH]nc(C(F)(F)F)c1C#CCCCl. The number of nitrogens with zero attached hydrogens (tertiary/aromatic N) is 1. The van der Waals surface area contributed by atoms with Crippen molar-refractivity contribution in [2.75, 3.05) is 5.88 Å². The fraction of sp³-hybridized carbons (Fsp3) is 0.444. The number of aromatic nitrogens is 2. The third kappa shape index (κ3) is 2.90. The van der Waals surface area contributed by atoms with Gasteiger partial charge >= 0.3 is 6.18 Å². The molecule has 15 heavy (non-hydrogen) atoms. The van der Waals surface area contributed by atoms with Gasteiger partial charge in [-0.3, -0.25) is 5.10 Å². The molecule has 0 aliphatic carbocycles. The van der Waals surface area contributed by atoms with E-state index in [0.717, 1.165) is 0 Å². The second-order valence-corrected chi connectivity index (χ2v) is 3.19. The molecule has 1 rings (SSSR count). The van der Waals surface area contributed by atoms with Gasteiger partial charge in [0.05, 0.1) is 5.56 Å². The molecule has 1 aromatic heterocycles. The molecule has 0 saturated heterocycles. The van der Waals surface area contributed by atoms with Crippen molar-refractivity contribution in [1.82, 2.24) is 10.2 Å². The Morgan fingerprint density at radius 3 is 2.67 bits per heavy atom. The summed E-state index contributed by atoms with van der Waals surface area (Å²) in [6, 6.07) is 0. The fourth-order valence-electron chi connectivity index (χ4n) is 0.985. The highest BCUT2D eigenvalue weighted by atomic mass is 35.5. The molecular formula is C9H8ClF3N2. The molecule has 0 saturated carbocycles. The second kappa shape index (κ2) is 4.58. The van der Waals surface area contributed by atoms with E-state index in [-0.39, 0.29) is 5.56 Å². The lowest BCUT2D eigenvalue weighted by molar-refractivity contribution is -0.141. The highest BCUT2D eigenvalue weighted by molar-refractivity contribution is 6.18. The van der Waals surface area contributed by atoms with Crippen LogP contribution >= 0.6 is 11.6 Å². The van der Waals surface area contributed by atoms with Gasteiger partial charge in [-0.1, -0.05) is 11.8 Å². The van der Waals surface area contributed by atoms with Gasteiger partial charge in [-0.25, -0.2) is 0 Å². The largest absolute Gasteiger partial charge is 0.436 e. The number of alkyl halides is 4. The smallest absolute Gasteiger partial charge is 0.281 e. The molecule has 0 atom stereocenters. The molecule has 1 N–H and O–H groups in total. The predicted octanol–water partition coefficient (Wildman–Crippen LogP) is 2.72. The summed E-state index contributed by atoms with van der Waals surface area (Å²) in [5, 5.41) is 5.45. The summed E-state index contributed by atoms with van der Waals surface area (Å²) in [6.07, 6.45) is -4.13. The number of rotatable bonds is 1. The van der Waals surface area contributed by atoms with Gasteiger partial charge in [0.1, 0.15) is 0 Å². The minimum atomic E-state index is -4.48. The minimum Gasteiger partial charge on any atom is -0.281 e. The summed E-state index contributed by atoms with van der Waals surface area (Å²) in [7, 11) is 0. The third-order valence-electron chi connectivity index (χ3n) is 1.65. The van der Waals surface area contributed by atoms with E-state index in [2.05, 4.69) is 22.0 Å². The Labute approximate surface area is 89.8 Å². The Morgan fingerprint density at radius 1 is 1.47 bits per heavy atom. The minimum absolute atomic E-state index is 0.104. The lowest BCUT2D eigenvalue weighted by Gasteiger charge is -2.01. The average Bonchev–Trinajstić information content (AvgIpc) is 2.48. The molecule has 0 amide bonds. The quantitative estimate of drug-likeness (QED) is 0.590. The Kier molecular flexibility index (Phi) is 3.64. The van der Waals surface area contributed by atoms with Crippen LogP contribution in [0.2, 0.25) is 0 Å². The number of aromatic amines is 1. The zero-order valence-electron chi connectivity index (χ0n) is 7.87. The molecule has 82 valence electrons. The summed E-state index contributed by atoms with van der Waals surface area (Å²) in [6.45, 7) is 1.49. The highest BCUT2D eigenvalue weighted by Gasteiger charge is 2.37. The van der Waals surface area contributed by atoms with Crippen LogP contribution in [0.25, 0.3) is 0 Å². The van der Waals surface area contributed by atoms with E-state index in [1.54, 1.807) is 0 Å². The van der Waals surface area contributed by atoms with Gasteiger partial charge in [0, 0.05) is 18.0 Å². The van der Waals surface area contributed by atoms with Gasteiger partial charge in [0.25, 0.3) is 0 Å². The molecular weight excluding hydrogens is 229 g/mol. The van der Waals surface area contributed by atoms with Crippen molar-refractivity contribution in [1.29, 1.82) is 0 Å². The molecule has 0 radical (unpaired) electrons. The molecule has 1 heterocycles. The van der Waals surface area contributed by atoms with Crippen LogP contribution in [-0.4, -0.2) is 16.1 Å². The van der Waals surface area contributed by atoms with Gasteiger partial charge in [-0.2, -0.15) is 18.3 Å². The van der Waals surface area contributed by atoms with E-state index in [1.807, 2.05) is 0 Å². The average molecular weight is 237 g/mol. The zero-order chi connectivity index (χ0) is 11.5. The monoisotopic (exact) mass is 236 g/mol. The number of nitrogens with one attached hydrogen (secondary N) is 1. The van der Waals surface area contributed by atoms with Crippen LogP contribution in [0.3, 0.4) is 0 Å². The lowest BCUT2D eigenvalue weighted by Crippen LogP contribution is -2.07. The summed E-state index contributed by atoms with van der Waals surface area (Å²) < 4.78 is 37.2. The maximum Gasteiger partial charge on any atom is 0.436 e. The highest BCUT2D eigenvalue weighted by Crippen LogP contribution is 2.30. The molecule has 0 spiro atoms. The van der Waals surface area contributed by atoms with E-state index in [9.17, 15) is 13.2 Å². The van der Waals surface area contributed by atoms with E-state index in [0.29, 0.717) is 18.0 Å². The molecule has 0 unspecified atom stereocenters. The summed E-state index contributed by atoms with van der Waals surface area (Å²) in [5.41, 5.74) is -0.765. The van der Waals surface area contributed by atoms with Crippen LogP contribution in [0.1, 0.15) is 23.4 Å². The Balaban J connectivity index is 3.07. The molecule has 0 bridgehead atoms. The first kappa shape index (κ1) is 11.9. The standard InChI is InChI=1S/C9H8ClF3N2/c1-6-7(4-2-3-5-10)8(15-14-6)9(11,12)13/h3,5H2,1H3,(H,14,15). The first-order chi connectivity index (χ1) is 6.96.